The molecule has 0 aliphatic rings. The van der Waals surface area contributed by atoms with Crippen LogP contribution >= 0.6 is 27.5 Å². The number of rotatable bonds is 2. The normalized spacial score (nSPS) is 10.8. The molecule has 0 radical (unpaired) electrons. The van der Waals surface area contributed by atoms with E-state index < -0.39 is 0 Å². The van der Waals surface area contributed by atoms with Gasteiger partial charge >= 0.3 is 0 Å². The summed E-state index contributed by atoms with van der Waals surface area (Å²) >= 11 is 8.77. The molecule has 12 heavy (non-hydrogen) atoms. The summed E-state index contributed by atoms with van der Waals surface area (Å²) in [4.78, 5) is 7.59. The van der Waals surface area contributed by atoms with Crippen molar-refractivity contribution in [2.75, 3.05) is 11.1 Å². The van der Waals surface area contributed by atoms with Crippen LogP contribution in [-0.2, 0) is 0 Å². The quantitative estimate of drug-likeness (QED) is 0.644. The number of anilines is 1. The third-order valence-corrected chi connectivity index (χ3v) is 1.76. The molecule has 64 valence electrons. The lowest BCUT2D eigenvalue weighted by molar-refractivity contribution is 1.17. The second-order valence-electron chi connectivity index (χ2n) is 2.04. The van der Waals surface area contributed by atoms with Gasteiger partial charge in [-0.25, -0.2) is 9.97 Å². The monoisotopic (exact) mass is 247 g/mol. The van der Waals surface area contributed by atoms with Crippen LogP contribution in [0.15, 0.2) is 12.3 Å². The van der Waals surface area contributed by atoms with E-state index >= 15 is 0 Å². The first-order valence-corrected chi connectivity index (χ1v) is 4.74. The first kappa shape index (κ1) is 9.48. The summed E-state index contributed by atoms with van der Waals surface area (Å²) < 4.78 is 0. The second kappa shape index (κ2) is 4.42. The van der Waals surface area contributed by atoms with Crippen molar-refractivity contribution in [2.45, 2.75) is 0 Å². The highest BCUT2D eigenvalue weighted by Crippen LogP contribution is 2.11. The molecule has 5 heteroatoms. The van der Waals surface area contributed by atoms with Gasteiger partial charge in [0.2, 0.25) is 5.28 Å². The largest absolute Gasteiger partial charge is 0.383 e. The zero-order chi connectivity index (χ0) is 8.97. The molecule has 0 bridgehead atoms. The molecule has 0 atom stereocenters. The molecule has 0 spiro atoms. The van der Waals surface area contributed by atoms with E-state index in [0.717, 1.165) is 10.9 Å². The molecule has 0 amide bonds. The molecule has 0 aliphatic carbocycles. The Bertz CT molecular complexity index is 301. The van der Waals surface area contributed by atoms with Crippen LogP contribution < -0.4 is 5.73 Å². The number of alkyl halides is 1. The predicted octanol–water partition coefficient (Wildman–Crippen LogP) is 2.12. The van der Waals surface area contributed by atoms with Gasteiger partial charge in [0.1, 0.15) is 5.82 Å². The van der Waals surface area contributed by atoms with Crippen LogP contribution in [-0.4, -0.2) is 15.3 Å². The number of nitrogens with zero attached hydrogens (tertiary/aromatic N) is 2. The van der Waals surface area contributed by atoms with Crippen LogP contribution in [0.3, 0.4) is 0 Å². The summed E-state index contributed by atoms with van der Waals surface area (Å²) in [5.74, 6) is 0.396. The van der Waals surface area contributed by atoms with Crippen LogP contribution in [0.5, 0.6) is 0 Å². The summed E-state index contributed by atoms with van der Waals surface area (Å²) in [5.41, 5.74) is 6.34. The third-order valence-electron chi connectivity index (χ3n) is 1.21. The van der Waals surface area contributed by atoms with Gasteiger partial charge in [-0.2, -0.15) is 0 Å². The lowest BCUT2D eigenvalue weighted by Gasteiger charge is -1.97. The molecule has 1 rings (SSSR count). The minimum atomic E-state index is 0.170. The topological polar surface area (TPSA) is 51.8 Å². The Labute approximate surface area is 83.8 Å². The van der Waals surface area contributed by atoms with E-state index in [9.17, 15) is 0 Å². The maximum atomic E-state index is 5.56. The van der Waals surface area contributed by atoms with Crippen LogP contribution in [0.1, 0.15) is 5.56 Å². The van der Waals surface area contributed by atoms with Crippen molar-refractivity contribution >= 4 is 39.4 Å². The Balaban J connectivity index is 2.94. The van der Waals surface area contributed by atoms with Crippen molar-refractivity contribution in [3.05, 3.63) is 23.1 Å². The predicted molar refractivity (Wildman–Crippen MR) is 54.3 cm³/mol. The Kier molecular flexibility index (Phi) is 3.49. The Morgan fingerprint density at radius 1 is 1.67 bits per heavy atom. The summed E-state index contributed by atoms with van der Waals surface area (Å²) in [7, 11) is 0. The highest BCUT2D eigenvalue weighted by Gasteiger charge is 1.97. The molecule has 0 saturated heterocycles. The molecule has 1 aromatic rings. The highest BCUT2D eigenvalue weighted by atomic mass is 79.9. The van der Waals surface area contributed by atoms with Gasteiger partial charge in [0.05, 0.1) is 0 Å². The van der Waals surface area contributed by atoms with Crippen LogP contribution in [0.4, 0.5) is 5.82 Å². The van der Waals surface area contributed by atoms with E-state index in [1.54, 1.807) is 6.20 Å². The number of halogens is 2. The molecule has 0 saturated carbocycles. The summed E-state index contributed by atoms with van der Waals surface area (Å²) in [6.45, 7) is 0. The maximum Gasteiger partial charge on any atom is 0.224 e. The Hall–Kier alpha value is -0.610. The van der Waals surface area contributed by atoms with Gasteiger partial charge in [-0.1, -0.05) is 28.1 Å². The van der Waals surface area contributed by atoms with Crippen LogP contribution in [0.2, 0.25) is 5.28 Å². The molecular weight excluding hydrogens is 241 g/mol. The number of hydrogen-bond donors (Lipinski definition) is 1. The van der Waals surface area contributed by atoms with Gasteiger partial charge in [-0.3, -0.25) is 0 Å². The molecule has 1 aromatic heterocycles. The van der Waals surface area contributed by atoms with Crippen LogP contribution in [0.25, 0.3) is 6.08 Å². The van der Waals surface area contributed by atoms with Crippen molar-refractivity contribution in [3.8, 4) is 0 Å². The fraction of sp³-hybridized carbons (Fsp3) is 0.143. The standard InChI is InChI=1S/C7H7BrClN3/c8-3-1-2-5-4-11-7(9)12-6(5)10/h1-2,4H,3H2,(H2,10,11,12). The number of allylic oxidation sites excluding steroid dienone is 1. The van der Waals surface area contributed by atoms with E-state index in [-0.39, 0.29) is 5.28 Å². The van der Waals surface area contributed by atoms with Crippen LogP contribution in [0, 0.1) is 0 Å². The van der Waals surface area contributed by atoms with E-state index in [0.29, 0.717) is 5.82 Å². The number of aromatic nitrogens is 2. The highest BCUT2D eigenvalue weighted by molar-refractivity contribution is 9.09. The summed E-state index contributed by atoms with van der Waals surface area (Å²) in [6.07, 6.45) is 5.33. The third kappa shape index (κ3) is 2.46. The Morgan fingerprint density at radius 2 is 2.42 bits per heavy atom. The molecule has 0 unspecified atom stereocenters. The van der Waals surface area contributed by atoms with Crippen molar-refractivity contribution < 1.29 is 0 Å². The van der Waals surface area contributed by atoms with Gasteiger partial charge in [0.25, 0.3) is 0 Å². The summed E-state index contributed by atoms with van der Waals surface area (Å²) in [6, 6.07) is 0. The number of hydrogen-bond acceptors (Lipinski definition) is 3. The van der Waals surface area contributed by atoms with Crippen molar-refractivity contribution in [1.82, 2.24) is 9.97 Å². The number of nitrogen functional groups attached to an aromatic ring is 1. The van der Waals surface area contributed by atoms with Gasteiger partial charge in [-0.05, 0) is 11.6 Å². The zero-order valence-electron chi connectivity index (χ0n) is 6.17. The molecule has 3 nitrogen and oxygen atoms in total. The second-order valence-corrected chi connectivity index (χ2v) is 3.02. The Morgan fingerprint density at radius 3 is 3.00 bits per heavy atom. The minimum Gasteiger partial charge on any atom is -0.383 e. The molecular formula is C7H7BrClN3. The van der Waals surface area contributed by atoms with Gasteiger partial charge < -0.3 is 5.73 Å². The van der Waals surface area contributed by atoms with Crippen molar-refractivity contribution in [3.63, 3.8) is 0 Å². The van der Waals surface area contributed by atoms with E-state index in [1.807, 2.05) is 12.2 Å². The number of nitrogens with two attached hydrogens (primary N) is 1. The molecule has 1 heterocycles. The first-order chi connectivity index (χ1) is 5.74. The average Bonchev–Trinajstić information content (AvgIpc) is 2.03. The van der Waals surface area contributed by atoms with Gasteiger partial charge in [-0.15, -0.1) is 0 Å². The van der Waals surface area contributed by atoms with Gasteiger partial charge in [0, 0.05) is 17.1 Å². The van der Waals surface area contributed by atoms with E-state index in [1.165, 1.54) is 0 Å². The van der Waals surface area contributed by atoms with Gasteiger partial charge in [0.15, 0.2) is 0 Å². The zero-order valence-corrected chi connectivity index (χ0v) is 8.51. The average molecular weight is 249 g/mol. The van der Waals surface area contributed by atoms with Crippen molar-refractivity contribution in [1.29, 1.82) is 0 Å². The minimum absolute atomic E-state index is 0.170. The van der Waals surface area contributed by atoms with Crippen molar-refractivity contribution in [2.24, 2.45) is 0 Å². The SMILES string of the molecule is Nc1nc(Cl)ncc1C=CCBr. The fourth-order valence-electron chi connectivity index (χ4n) is 0.682. The molecule has 2 N–H and O–H groups in total. The molecule has 0 aliphatic heterocycles. The first-order valence-electron chi connectivity index (χ1n) is 3.24. The summed E-state index contributed by atoms with van der Waals surface area (Å²) in [5, 5.41) is 0.943. The van der Waals surface area contributed by atoms with E-state index in [4.69, 9.17) is 17.3 Å². The van der Waals surface area contributed by atoms with E-state index in [2.05, 4.69) is 25.9 Å². The smallest absolute Gasteiger partial charge is 0.224 e. The lowest BCUT2D eigenvalue weighted by atomic mass is 10.3. The molecule has 0 aromatic carbocycles. The molecule has 0 fully saturated rings. The lowest BCUT2D eigenvalue weighted by Crippen LogP contribution is -1.95. The maximum absolute atomic E-state index is 5.56. The fourth-order valence-corrected chi connectivity index (χ4v) is 1.01.